The number of benzene rings is 1. The van der Waals surface area contributed by atoms with E-state index in [0.29, 0.717) is 6.04 Å². The van der Waals surface area contributed by atoms with E-state index >= 15 is 0 Å². The summed E-state index contributed by atoms with van der Waals surface area (Å²) in [5.41, 5.74) is 9.62. The Kier molecular flexibility index (Phi) is 4.81. The largest absolute Gasteiger partial charge is 0.369 e. The van der Waals surface area contributed by atoms with Gasteiger partial charge in [-0.2, -0.15) is 0 Å². The molecule has 1 rings (SSSR count). The maximum Gasteiger partial charge on any atom is 0.0371 e. The molecule has 90 valence electrons. The molecule has 0 saturated heterocycles. The minimum Gasteiger partial charge on any atom is -0.369 e. The Balaban J connectivity index is 2.95. The summed E-state index contributed by atoms with van der Waals surface area (Å²) in [4.78, 5) is 2.40. The molecule has 0 aliphatic carbocycles. The lowest BCUT2D eigenvalue weighted by molar-refractivity contribution is 0.703. The van der Waals surface area contributed by atoms with Crippen molar-refractivity contribution in [1.82, 2.24) is 0 Å². The Morgan fingerprint density at radius 1 is 1.31 bits per heavy atom. The Bertz CT molecular complexity index is 332. The summed E-state index contributed by atoms with van der Waals surface area (Å²) in [7, 11) is 0. The van der Waals surface area contributed by atoms with Crippen molar-refractivity contribution in [3.63, 3.8) is 0 Å². The van der Waals surface area contributed by atoms with Crippen LogP contribution in [0.4, 0.5) is 5.69 Å². The molecule has 0 amide bonds. The van der Waals surface area contributed by atoms with Gasteiger partial charge in [-0.05, 0) is 63.9 Å². The first-order valence-corrected chi connectivity index (χ1v) is 6.16. The highest BCUT2D eigenvalue weighted by Crippen LogP contribution is 2.21. The molecule has 0 aliphatic rings. The van der Waals surface area contributed by atoms with E-state index in [2.05, 4.69) is 50.8 Å². The summed E-state index contributed by atoms with van der Waals surface area (Å²) in [6.07, 6.45) is 0.972. The zero-order valence-electron chi connectivity index (χ0n) is 11.0. The maximum absolute atomic E-state index is 5.59. The van der Waals surface area contributed by atoms with Gasteiger partial charge >= 0.3 is 0 Å². The first kappa shape index (κ1) is 13.0. The van der Waals surface area contributed by atoms with Crippen molar-refractivity contribution in [3.8, 4) is 0 Å². The number of anilines is 1. The van der Waals surface area contributed by atoms with Gasteiger partial charge in [-0.25, -0.2) is 0 Å². The number of nitrogens with zero attached hydrogens (tertiary/aromatic N) is 1. The minimum atomic E-state index is 0.546. The average molecular weight is 220 g/mol. The van der Waals surface area contributed by atoms with Crippen molar-refractivity contribution in [1.29, 1.82) is 0 Å². The van der Waals surface area contributed by atoms with E-state index in [1.807, 2.05) is 0 Å². The van der Waals surface area contributed by atoms with Gasteiger partial charge in [0, 0.05) is 18.3 Å². The second kappa shape index (κ2) is 5.90. The first-order chi connectivity index (χ1) is 7.60. The quantitative estimate of drug-likeness (QED) is 0.826. The fourth-order valence-electron chi connectivity index (χ4n) is 2.14. The molecule has 1 aromatic rings. The van der Waals surface area contributed by atoms with E-state index < -0.39 is 0 Å². The molecule has 2 nitrogen and oxygen atoms in total. The highest BCUT2D eigenvalue weighted by atomic mass is 15.1. The van der Waals surface area contributed by atoms with Crippen LogP contribution in [0.5, 0.6) is 0 Å². The number of hydrogen-bond acceptors (Lipinski definition) is 2. The molecule has 1 aromatic carbocycles. The Morgan fingerprint density at radius 3 is 2.44 bits per heavy atom. The third-order valence-electron chi connectivity index (χ3n) is 3.04. The summed E-state index contributed by atoms with van der Waals surface area (Å²) in [6, 6.07) is 7.24. The Morgan fingerprint density at radius 2 is 2.00 bits per heavy atom. The second-order valence-corrected chi connectivity index (χ2v) is 4.53. The van der Waals surface area contributed by atoms with Crippen LogP contribution in [0, 0.1) is 6.92 Å². The molecular formula is C14H24N2. The highest BCUT2D eigenvalue weighted by molar-refractivity contribution is 5.51. The van der Waals surface area contributed by atoms with Gasteiger partial charge in [0.1, 0.15) is 0 Å². The van der Waals surface area contributed by atoms with Crippen molar-refractivity contribution in [2.45, 2.75) is 40.2 Å². The van der Waals surface area contributed by atoms with Gasteiger partial charge in [0.05, 0.1) is 0 Å². The molecule has 2 N–H and O–H groups in total. The molecule has 0 fully saturated rings. The molecule has 0 heterocycles. The number of hydrogen-bond donors (Lipinski definition) is 1. The summed E-state index contributed by atoms with van der Waals surface area (Å²) < 4.78 is 0. The van der Waals surface area contributed by atoms with Crippen molar-refractivity contribution in [2.75, 3.05) is 18.0 Å². The first-order valence-electron chi connectivity index (χ1n) is 6.16. The van der Waals surface area contributed by atoms with Crippen LogP contribution in [-0.4, -0.2) is 19.1 Å². The molecule has 0 bridgehead atoms. The van der Waals surface area contributed by atoms with E-state index in [9.17, 15) is 0 Å². The van der Waals surface area contributed by atoms with Crippen LogP contribution >= 0.6 is 0 Å². The molecule has 2 heteroatoms. The van der Waals surface area contributed by atoms with Crippen molar-refractivity contribution in [3.05, 3.63) is 29.3 Å². The van der Waals surface area contributed by atoms with E-state index in [-0.39, 0.29) is 0 Å². The maximum atomic E-state index is 5.59. The monoisotopic (exact) mass is 220 g/mol. The van der Waals surface area contributed by atoms with Crippen LogP contribution in [0.2, 0.25) is 0 Å². The summed E-state index contributed by atoms with van der Waals surface area (Å²) in [5.74, 6) is 0. The molecule has 0 spiro atoms. The summed E-state index contributed by atoms with van der Waals surface area (Å²) in [6.45, 7) is 10.6. The highest BCUT2D eigenvalue weighted by Gasteiger charge is 2.09. The zero-order chi connectivity index (χ0) is 12.1. The standard InChI is InChI=1S/C14H24N2/c1-5-16(11(2)3)14-7-6-13(8-9-15)12(4)10-14/h6-7,10-11H,5,8-9,15H2,1-4H3. The summed E-state index contributed by atoms with van der Waals surface area (Å²) >= 11 is 0. The van der Waals surface area contributed by atoms with Crippen molar-refractivity contribution in [2.24, 2.45) is 5.73 Å². The fraction of sp³-hybridized carbons (Fsp3) is 0.571. The second-order valence-electron chi connectivity index (χ2n) is 4.53. The normalized spacial score (nSPS) is 10.9. The molecule has 0 aliphatic heterocycles. The lowest BCUT2D eigenvalue weighted by Crippen LogP contribution is -2.30. The van der Waals surface area contributed by atoms with Crippen LogP contribution in [0.25, 0.3) is 0 Å². The van der Waals surface area contributed by atoms with Crippen LogP contribution in [0.15, 0.2) is 18.2 Å². The topological polar surface area (TPSA) is 29.3 Å². The van der Waals surface area contributed by atoms with Crippen LogP contribution < -0.4 is 10.6 Å². The third-order valence-corrected chi connectivity index (χ3v) is 3.04. The van der Waals surface area contributed by atoms with Gasteiger partial charge in [0.25, 0.3) is 0 Å². The Labute approximate surface area is 99.5 Å². The van der Waals surface area contributed by atoms with Crippen LogP contribution in [0.1, 0.15) is 31.9 Å². The zero-order valence-corrected chi connectivity index (χ0v) is 11.0. The fourth-order valence-corrected chi connectivity index (χ4v) is 2.14. The Hall–Kier alpha value is -1.02. The van der Waals surface area contributed by atoms with E-state index in [1.54, 1.807) is 0 Å². The minimum absolute atomic E-state index is 0.546. The van der Waals surface area contributed by atoms with Gasteiger partial charge < -0.3 is 10.6 Å². The molecule has 0 saturated carbocycles. The van der Waals surface area contributed by atoms with Crippen LogP contribution in [0.3, 0.4) is 0 Å². The van der Waals surface area contributed by atoms with E-state index in [1.165, 1.54) is 16.8 Å². The van der Waals surface area contributed by atoms with Gasteiger partial charge in [-0.15, -0.1) is 0 Å². The number of rotatable bonds is 5. The smallest absolute Gasteiger partial charge is 0.0371 e. The van der Waals surface area contributed by atoms with Crippen LogP contribution in [-0.2, 0) is 6.42 Å². The van der Waals surface area contributed by atoms with E-state index in [0.717, 1.165) is 19.5 Å². The van der Waals surface area contributed by atoms with Gasteiger partial charge in [0.2, 0.25) is 0 Å². The van der Waals surface area contributed by atoms with Gasteiger partial charge in [-0.1, -0.05) is 6.07 Å². The predicted octanol–water partition coefficient (Wildman–Crippen LogP) is 2.73. The predicted molar refractivity (Wildman–Crippen MR) is 72.1 cm³/mol. The third kappa shape index (κ3) is 2.99. The molecule has 16 heavy (non-hydrogen) atoms. The van der Waals surface area contributed by atoms with Gasteiger partial charge in [-0.3, -0.25) is 0 Å². The van der Waals surface area contributed by atoms with E-state index in [4.69, 9.17) is 5.73 Å². The average Bonchev–Trinajstić information content (AvgIpc) is 2.22. The molecule has 0 unspecified atom stereocenters. The SMILES string of the molecule is CCN(c1ccc(CCN)c(C)c1)C(C)C. The lowest BCUT2D eigenvalue weighted by Gasteiger charge is -2.28. The molecular weight excluding hydrogens is 196 g/mol. The molecule has 0 aromatic heterocycles. The van der Waals surface area contributed by atoms with Crippen molar-refractivity contribution < 1.29 is 0 Å². The summed E-state index contributed by atoms with van der Waals surface area (Å²) in [5, 5.41) is 0. The van der Waals surface area contributed by atoms with Crippen molar-refractivity contribution >= 4 is 5.69 Å². The molecule has 0 atom stereocenters. The molecule has 0 radical (unpaired) electrons. The van der Waals surface area contributed by atoms with Gasteiger partial charge in [0.15, 0.2) is 0 Å². The lowest BCUT2D eigenvalue weighted by atomic mass is 10.0. The number of nitrogens with two attached hydrogens (primary N) is 1. The number of aryl methyl sites for hydroxylation is 1.